The van der Waals surface area contributed by atoms with Gasteiger partial charge in [0.15, 0.2) is 0 Å². The van der Waals surface area contributed by atoms with E-state index in [0.29, 0.717) is 6.42 Å². The summed E-state index contributed by atoms with van der Waals surface area (Å²) in [7, 11) is -2.05. The lowest BCUT2D eigenvalue weighted by Crippen LogP contribution is -2.33. The third-order valence-corrected chi connectivity index (χ3v) is 3.09. The highest BCUT2D eigenvalue weighted by molar-refractivity contribution is 7.57. The molecule has 0 heterocycles. The molecule has 5 nitrogen and oxygen atoms in total. The van der Waals surface area contributed by atoms with Gasteiger partial charge in [-0.15, -0.1) is 0 Å². The molecule has 0 aromatic rings. The molecule has 6 heteroatoms. The first-order chi connectivity index (χ1) is 5.41. The maximum atomic E-state index is 11.1. The molecule has 2 N–H and O–H groups in total. The number of hydrogen-bond acceptors (Lipinski definition) is 3. The van der Waals surface area contributed by atoms with Gasteiger partial charge < -0.3 is 14.9 Å². The van der Waals surface area contributed by atoms with Gasteiger partial charge in [-0.1, -0.05) is 6.92 Å². The van der Waals surface area contributed by atoms with E-state index in [1.54, 1.807) is 6.92 Å². The van der Waals surface area contributed by atoms with Crippen LogP contribution in [0.2, 0.25) is 0 Å². The fourth-order valence-corrected chi connectivity index (χ4v) is 1.78. The molecule has 72 valence electrons. The van der Waals surface area contributed by atoms with Gasteiger partial charge in [0.05, 0.1) is 7.11 Å². The van der Waals surface area contributed by atoms with Gasteiger partial charge in [-0.3, -0.25) is 4.57 Å². The van der Waals surface area contributed by atoms with Crippen molar-refractivity contribution in [3.63, 3.8) is 0 Å². The average molecular weight is 195 g/mol. The molecule has 0 spiro atoms. The van der Waals surface area contributed by atoms with Crippen LogP contribution in [0.25, 0.3) is 0 Å². The molecule has 0 bridgehead atoms. The number of alkyl carbamates (subject to hydrolysis) is 1. The number of hydrogen-bond donors (Lipinski definition) is 2. The highest BCUT2D eigenvalue weighted by atomic mass is 31.2. The van der Waals surface area contributed by atoms with Gasteiger partial charge in [-0.05, 0) is 6.42 Å². The Hall–Kier alpha value is -0.540. The fourth-order valence-electron chi connectivity index (χ4n) is 0.756. The molecular weight excluding hydrogens is 181 g/mol. The summed E-state index contributed by atoms with van der Waals surface area (Å²) in [5.41, 5.74) is 0. The summed E-state index contributed by atoms with van der Waals surface area (Å²) in [5.74, 6) is -0.718. The first kappa shape index (κ1) is 11.5. The lowest BCUT2D eigenvalue weighted by molar-refractivity contribution is 0.169. The van der Waals surface area contributed by atoms with Crippen LogP contribution in [0.5, 0.6) is 0 Å². The van der Waals surface area contributed by atoms with E-state index in [4.69, 9.17) is 4.89 Å². The zero-order valence-electron chi connectivity index (χ0n) is 7.40. The molecule has 0 aromatic carbocycles. The van der Waals surface area contributed by atoms with E-state index >= 15 is 0 Å². The third-order valence-electron chi connectivity index (χ3n) is 1.43. The van der Waals surface area contributed by atoms with Crippen molar-refractivity contribution in [3.05, 3.63) is 0 Å². The van der Waals surface area contributed by atoms with E-state index in [0.717, 1.165) is 0 Å². The minimum Gasteiger partial charge on any atom is -0.453 e. The summed E-state index contributed by atoms with van der Waals surface area (Å²) in [5, 5.41) is 2.28. The number of carbonyl (C=O) groups is 1. The number of rotatable bonds is 3. The quantitative estimate of drug-likeness (QED) is 0.658. The third kappa shape index (κ3) is 3.74. The molecular formula is C6H14NO4P. The molecule has 2 atom stereocenters. The Kier molecular flexibility index (Phi) is 4.28. The maximum absolute atomic E-state index is 11.1. The summed E-state index contributed by atoms with van der Waals surface area (Å²) in [6.07, 6.45) is -0.280. The van der Waals surface area contributed by atoms with E-state index in [-0.39, 0.29) is 0 Å². The summed E-state index contributed by atoms with van der Waals surface area (Å²) < 4.78 is 15.4. The Bertz CT molecular complexity index is 200. The van der Waals surface area contributed by atoms with Gasteiger partial charge in [-0.25, -0.2) is 4.79 Å². The Balaban J connectivity index is 4.19. The molecule has 0 aromatic heterocycles. The van der Waals surface area contributed by atoms with E-state index in [1.165, 1.54) is 13.8 Å². The van der Waals surface area contributed by atoms with Crippen molar-refractivity contribution in [3.8, 4) is 0 Å². The first-order valence-electron chi connectivity index (χ1n) is 3.56. The highest BCUT2D eigenvalue weighted by Gasteiger charge is 2.25. The Morgan fingerprint density at radius 1 is 1.75 bits per heavy atom. The van der Waals surface area contributed by atoms with Crippen LogP contribution in [0.3, 0.4) is 0 Å². The molecule has 0 saturated carbocycles. The normalized spacial score (nSPS) is 17.7. The summed E-state index contributed by atoms with van der Waals surface area (Å²) in [6, 6.07) is 0. The maximum Gasteiger partial charge on any atom is 0.407 e. The Labute approximate surface area is 71.6 Å². The minimum absolute atomic E-state index is 0.402. The number of carbonyl (C=O) groups excluding carboxylic acids is 1. The predicted octanol–water partition coefficient (Wildman–Crippen LogP) is 0.979. The molecule has 0 aliphatic heterocycles. The largest absolute Gasteiger partial charge is 0.453 e. The molecule has 0 saturated heterocycles. The zero-order valence-corrected chi connectivity index (χ0v) is 8.30. The molecule has 2 unspecified atom stereocenters. The van der Waals surface area contributed by atoms with Crippen LogP contribution in [-0.2, 0) is 9.30 Å². The van der Waals surface area contributed by atoms with E-state index < -0.39 is 19.2 Å². The van der Waals surface area contributed by atoms with Crippen LogP contribution in [0, 0.1) is 0 Å². The second-order valence-electron chi connectivity index (χ2n) is 2.50. The van der Waals surface area contributed by atoms with Crippen molar-refractivity contribution in [2.45, 2.75) is 19.1 Å². The van der Waals surface area contributed by atoms with E-state index in [1.807, 2.05) is 0 Å². The zero-order chi connectivity index (χ0) is 9.78. The predicted molar refractivity (Wildman–Crippen MR) is 45.4 cm³/mol. The highest BCUT2D eigenvalue weighted by Crippen LogP contribution is 2.41. The van der Waals surface area contributed by atoms with Gasteiger partial charge >= 0.3 is 6.09 Å². The summed E-state index contributed by atoms with van der Waals surface area (Å²) in [4.78, 5) is 19.8. The van der Waals surface area contributed by atoms with Gasteiger partial charge in [-0.2, -0.15) is 0 Å². The monoisotopic (exact) mass is 195 g/mol. The standard InChI is InChI=1S/C6H14NO4P/c1-4-5(12(3,9)10)7-6(8)11-2/h5H,4H2,1-3H3,(H,7,8)(H,9,10). The van der Waals surface area contributed by atoms with Crippen molar-refractivity contribution in [1.29, 1.82) is 0 Å². The van der Waals surface area contributed by atoms with Crippen molar-refractivity contribution >= 4 is 13.5 Å². The lowest BCUT2D eigenvalue weighted by Gasteiger charge is -2.18. The molecule has 12 heavy (non-hydrogen) atoms. The van der Waals surface area contributed by atoms with Crippen LogP contribution in [0.4, 0.5) is 4.79 Å². The van der Waals surface area contributed by atoms with Gasteiger partial charge in [0.25, 0.3) is 0 Å². The first-order valence-corrected chi connectivity index (χ1v) is 5.73. The van der Waals surface area contributed by atoms with Crippen molar-refractivity contribution in [1.82, 2.24) is 5.32 Å². The van der Waals surface area contributed by atoms with Crippen molar-refractivity contribution in [2.24, 2.45) is 0 Å². The molecule has 0 radical (unpaired) electrons. The molecule has 0 aliphatic rings. The molecule has 0 rings (SSSR count). The van der Waals surface area contributed by atoms with Gasteiger partial charge in [0, 0.05) is 6.66 Å². The SMILES string of the molecule is CCC(NC(=O)OC)P(C)(=O)O. The molecule has 0 fully saturated rings. The lowest BCUT2D eigenvalue weighted by atomic mass is 10.5. The average Bonchev–Trinajstić information content (AvgIpc) is 1.97. The minimum atomic E-state index is -3.25. The topological polar surface area (TPSA) is 75.6 Å². The number of methoxy groups -OCH3 is 1. The Morgan fingerprint density at radius 2 is 2.25 bits per heavy atom. The number of nitrogens with one attached hydrogen (secondary N) is 1. The molecule has 0 aliphatic carbocycles. The van der Waals surface area contributed by atoms with E-state index in [9.17, 15) is 9.36 Å². The van der Waals surface area contributed by atoms with Crippen LogP contribution in [-0.4, -0.2) is 30.5 Å². The fraction of sp³-hybridized carbons (Fsp3) is 0.833. The second-order valence-corrected chi connectivity index (χ2v) is 5.01. The second kappa shape index (κ2) is 4.48. The number of ether oxygens (including phenoxy) is 1. The molecule has 1 amide bonds. The van der Waals surface area contributed by atoms with Crippen molar-refractivity contribution in [2.75, 3.05) is 13.8 Å². The van der Waals surface area contributed by atoms with E-state index in [2.05, 4.69) is 10.1 Å². The summed E-state index contributed by atoms with van der Waals surface area (Å²) >= 11 is 0. The van der Waals surface area contributed by atoms with Crippen LogP contribution >= 0.6 is 7.37 Å². The van der Waals surface area contributed by atoms with Crippen molar-refractivity contribution < 1.29 is 19.0 Å². The van der Waals surface area contributed by atoms with Gasteiger partial charge in [0.1, 0.15) is 5.78 Å². The van der Waals surface area contributed by atoms with Crippen LogP contribution in [0.1, 0.15) is 13.3 Å². The number of amides is 1. The van der Waals surface area contributed by atoms with Crippen LogP contribution in [0.15, 0.2) is 0 Å². The van der Waals surface area contributed by atoms with Gasteiger partial charge in [0.2, 0.25) is 7.37 Å². The Morgan fingerprint density at radius 3 is 2.50 bits per heavy atom. The smallest absolute Gasteiger partial charge is 0.407 e. The van der Waals surface area contributed by atoms with Crippen LogP contribution < -0.4 is 5.32 Å². The summed E-state index contributed by atoms with van der Waals surface area (Å²) in [6.45, 7) is 2.92.